The topological polar surface area (TPSA) is 95.6 Å². The predicted molar refractivity (Wildman–Crippen MR) is 136 cm³/mol. The number of carbonyl (C=O) groups excluding carboxylic acids is 2. The lowest BCUT2D eigenvalue weighted by atomic mass is 10.00. The Kier molecular flexibility index (Phi) is 9.00. The van der Waals surface area contributed by atoms with Crippen molar-refractivity contribution in [3.05, 3.63) is 76.0 Å². The number of hydrogen-bond acceptors (Lipinski definition) is 4. The summed E-state index contributed by atoms with van der Waals surface area (Å²) in [6.07, 6.45) is 10.5. The van der Waals surface area contributed by atoms with E-state index in [1.54, 1.807) is 44.6 Å². The first-order valence-electron chi connectivity index (χ1n) is 11.8. The van der Waals surface area contributed by atoms with Gasteiger partial charge in [-0.25, -0.2) is 9.38 Å². The minimum Gasteiger partial charge on any atom is -0.318 e. The van der Waals surface area contributed by atoms with Gasteiger partial charge in [-0.15, -0.1) is 0 Å². The SMILES string of the molecule is CN1C(=O)[C@@H](/C=C/CCC(=O)C(=N)N=CCCCc2ccccc2F)CCc2cn(C)c(=O)cc21. The highest BCUT2D eigenvalue weighted by molar-refractivity contribution is 6.38. The van der Waals surface area contributed by atoms with E-state index in [4.69, 9.17) is 5.41 Å². The number of aromatic nitrogens is 1. The summed E-state index contributed by atoms with van der Waals surface area (Å²) in [4.78, 5) is 42.4. The van der Waals surface area contributed by atoms with Gasteiger partial charge in [-0.2, -0.15) is 0 Å². The largest absolute Gasteiger partial charge is 0.318 e. The molecule has 1 aliphatic heterocycles. The molecule has 1 aromatic carbocycles. The molecule has 0 aliphatic carbocycles. The number of fused-ring (bicyclic) bond motifs is 1. The number of halogens is 1. The van der Waals surface area contributed by atoms with E-state index >= 15 is 0 Å². The lowest BCUT2D eigenvalue weighted by molar-refractivity contribution is -0.120. The summed E-state index contributed by atoms with van der Waals surface area (Å²) in [6.45, 7) is 0. The Morgan fingerprint density at radius 1 is 1.23 bits per heavy atom. The zero-order chi connectivity index (χ0) is 25.4. The Bertz CT molecular complexity index is 1220. The highest BCUT2D eigenvalue weighted by Gasteiger charge is 2.26. The van der Waals surface area contributed by atoms with Crippen molar-refractivity contribution in [3.63, 3.8) is 0 Å². The van der Waals surface area contributed by atoms with Crippen LogP contribution in [-0.2, 0) is 29.5 Å². The number of aliphatic imine (C=N–C) groups is 1. The molecule has 1 aliphatic rings. The molecule has 0 unspecified atom stereocenters. The monoisotopic (exact) mass is 478 g/mol. The third kappa shape index (κ3) is 6.91. The molecule has 2 heterocycles. The van der Waals surface area contributed by atoms with E-state index in [1.165, 1.54) is 27.8 Å². The lowest BCUT2D eigenvalue weighted by Crippen LogP contribution is -2.32. The van der Waals surface area contributed by atoms with E-state index in [2.05, 4.69) is 4.99 Å². The van der Waals surface area contributed by atoms with Gasteiger partial charge in [0.15, 0.2) is 11.6 Å². The number of ketones is 1. The van der Waals surface area contributed by atoms with Crippen molar-refractivity contribution in [2.24, 2.45) is 18.0 Å². The van der Waals surface area contributed by atoms with Gasteiger partial charge in [0.05, 0.1) is 11.6 Å². The van der Waals surface area contributed by atoms with Gasteiger partial charge in [0.2, 0.25) is 5.91 Å². The molecular weight excluding hydrogens is 447 g/mol. The summed E-state index contributed by atoms with van der Waals surface area (Å²) < 4.78 is 15.1. The standard InChI is InChI=1S/C27H31FN4O3/c1-31-18-21-15-14-20(27(35)32(2)23(21)17-25(31)34)11-4-6-13-24(33)26(29)30-16-8-7-10-19-9-3-5-12-22(19)28/h3-5,9,11-12,16-18,20,29H,6-8,10,13-15H2,1-2H3/b11-4+,29-26?,30-16?/t20-/m0/s1. The number of Topliss-reactive ketones (excluding diaryl/α,β-unsaturated/α-hetero) is 1. The number of benzene rings is 1. The minimum absolute atomic E-state index is 0.0905. The van der Waals surface area contributed by atoms with Crippen LogP contribution in [0.2, 0.25) is 0 Å². The number of amidine groups is 1. The normalized spacial score (nSPS) is 16.0. The summed E-state index contributed by atoms with van der Waals surface area (Å²) in [5.41, 5.74) is 2.08. The summed E-state index contributed by atoms with van der Waals surface area (Å²) in [7, 11) is 3.36. The number of rotatable bonds is 9. The first kappa shape index (κ1) is 25.9. The number of nitrogens with one attached hydrogen (secondary N) is 1. The Hall–Kier alpha value is -3.68. The van der Waals surface area contributed by atoms with Crippen LogP contribution in [-0.4, -0.2) is 35.4 Å². The second-order valence-corrected chi connectivity index (χ2v) is 8.71. The van der Waals surface area contributed by atoms with Gasteiger partial charge < -0.3 is 9.47 Å². The van der Waals surface area contributed by atoms with Crippen molar-refractivity contribution in [1.82, 2.24) is 4.57 Å². The molecule has 0 spiro atoms. The molecule has 0 bridgehead atoms. The molecule has 0 radical (unpaired) electrons. The molecule has 1 N–H and O–H groups in total. The first-order valence-corrected chi connectivity index (χ1v) is 11.8. The third-order valence-electron chi connectivity index (χ3n) is 6.15. The third-order valence-corrected chi connectivity index (χ3v) is 6.15. The molecule has 184 valence electrons. The molecule has 0 saturated heterocycles. The van der Waals surface area contributed by atoms with E-state index in [0.717, 1.165) is 5.56 Å². The second kappa shape index (κ2) is 12.1. The number of allylic oxidation sites excluding steroid dienone is 1. The molecule has 8 heteroatoms. The molecule has 1 aromatic heterocycles. The van der Waals surface area contributed by atoms with Crippen LogP contribution in [0.15, 0.2) is 58.5 Å². The average Bonchev–Trinajstić information content (AvgIpc) is 2.95. The smallest absolute Gasteiger partial charge is 0.252 e. The summed E-state index contributed by atoms with van der Waals surface area (Å²) in [5.74, 6) is -1.33. The molecule has 1 amide bonds. The number of amides is 1. The van der Waals surface area contributed by atoms with Crippen LogP contribution in [0, 0.1) is 17.1 Å². The minimum atomic E-state index is -0.368. The molecule has 0 fully saturated rings. The van der Waals surface area contributed by atoms with Crippen LogP contribution >= 0.6 is 0 Å². The number of carbonyl (C=O) groups is 2. The van der Waals surface area contributed by atoms with Crippen LogP contribution in [0.1, 0.15) is 43.2 Å². The van der Waals surface area contributed by atoms with Gasteiger partial charge in [-0.3, -0.25) is 19.8 Å². The molecule has 3 rings (SSSR count). The number of pyridine rings is 1. The maximum Gasteiger partial charge on any atom is 0.252 e. The van der Waals surface area contributed by atoms with Crippen LogP contribution in [0.4, 0.5) is 10.1 Å². The molecule has 0 saturated carbocycles. The van der Waals surface area contributed by atoms with Crippen molar-refractivity contribution in [1.29, 1.82) is 5.41 Å². The van der Waals surface area contributed by atoms with E-state index < -0.39 is 0 Å². The van der Waals surface area contributed by atoms with Crippen LogP contribution in [0.5, 0.6) is 0 Å². The van der Waals surface area contributed by atoms with Crippen molar-refractivity contribution >= 4 is 29.4 Å². The fraction of sp³-hybridized carbons (Fsp3) is 0.370. The average molecular weight is 479 g/mol. The van der Waals surface area contributed by atoms with Gasteiger partial charge >= 0.3 is 0 Å². The summed E-state index contributed by atoms with van der Waals surface area (Å²) in [5, 5.41) is 7.84. The van der Waals surface area contributed by atoms with Crippen LogP contribution in [0.25, 0.3) is 0 Å². The Balaban J connectivity index is 1.43. The molecule has 1 atom stereocenters. The number of unbranched alkanes of at least 4 members (excludes halogenated alkanes) is 1. The Labute approximate surface area is 204 Å². The fourth-order valence-corrected chi connectivity index (χ4v) is 4.07. The zero-order valence-corrected chi connectivity index (χ0v) is 20.2. The number of nitrogens with zero attached hydrogens (tertiary/aromatic N) is 3. The van der Waals surface area contributed by atoms with Crippen molar-refractivity contribution < 1.29 is 14.0 Å². The van der Waals surface area contributed by atoms with Crippen molar-refractivity contribution in [2.75, 3.05) is 11.9 Å². The number of aryl methyl sites for hydroxylation is 3. The van der Waals surface area contributed by atoms with E-state index in [9.17, 15) is 18.8 Å². The number of anilines is 1. The molecule has 2 aromatic rings. The van der Waals surface area contributed by atoms with Gasteiger partial charge in [-0.05, 0) is 55.7 Å². The summed E-state index contributed by atoms with van der Waals surface area (Å²) in [6, 6.07) is 8.11. The highest BCUT2D eigenvalue weighted by Crippen LogP contribution is 2.27. The Morgan fingerprint density at radius 3 is 2.77 bits per heavy atom. The lowest BCUT2D eigenvalue weighted by Gasteiger charge is -2.20. The molecule has 35 heavy (non-hydrogen) atoms. The van der Waals surface area contributed by atoms with E-state index in [-0.39, 0.29) is 41.2 Å². The predicted octanol–water partition coefficient (Wildman–Crippen LogP) is 4.03. The summed E-state index contributed by atoms with van der Waals surface area (Å²) >= 11 is 0. The quantitative estimate of drug-likeness (QED) is 0.255. The van der Waals surface area contributed by atoms with Crippen LogP contribution < -0.4 is 10.5 Å². The maximum atomic E-state index is 13.6. The van der Waals surface area contributed by atoms with Crippen LogP contribution in [0.3, 0.4) is 0 Å². The zero-order valence-electron chi connectivity index (χ0n) is 20.2. The molecular formula is C27H31FN4O3. The van der Waals surface area contributed by atoms with Gasteiger partial charge in [0.25, 0.3) is 5.56 Å². The van der Waals surface area contributed by atoms with Gasteiger partial charge in [0, 0.05) is 39.0 Å². The Morgan fingerprint density at radius 2 is 2.00 bits per heavy atom. The first-order chi connectivity index (χ1) is 16.8. The fourth-order valence-electron chi connectivity index (χ4n) is 4.07. The van der Waals surface area contributed by atoms with Gasteiger partial charge in [-0.1, -0.05) is 30.4 Å². The molecule has 7 nitrogen and oxygen atoms in total. The number of hydrogen-bond donors (Lipinski definition) is 1. The van der Waals surface area contributed by atoms with Gasteiger partial charge in [0.1, 0.15) is 5.82 Å². The van der Waals surface area contributed by atoms with Crippen molar-refractivity contribution in [3.8, 4) is 0 Å². The highest BCUT2D eigenvalue weighted by atomic mass is 19.1. The maximum absolute atomic E-state index is 13.6. The second-order valence-electron chi connectivity index (χ2n) is 8.71. The van der Waals surface area contributed by atoms with E-state index in [1.807, 2.05) is 6.08 Å². The van der Waals surface area contributed by atoms with E-state index in [0.29, 0.717) is 49.8 Å². The van der Waals surface area contributed by atoms with Crippen molar-refractivity contribution in [2.45, 2.75) is 44.9 Å².